The fourth-order valence-corrected chi connectivity index (χ4v) is 1.16. The average molecular weight is 194 g/mol. The Labute approximate surface area is 72.2 Å². The van der Waals surface area contributed by atoms with Crippen LogP contribution in [0.5, 0.6) is 0 Å². The number of aromatic nitrogens is 2. The third-order valence-electron chi connectivity index (χ3n) is 1.78. The van der Waals surface area contributed by atoms with Crippen LogP contribution in [-0.2, 0) is 19.6 Å². The molecule has 74 valence electrons. The topological polar surface area (TPSA) is 37.8 Å². The molecular weight excluding hydrogens is 185 g/mol. The molecule has 0 aliphatic rings. The highest BCUT2D eigenvalue weighted by Gasteiger charge is 2.36. The lowest BCUT2D eigenvalue weighted by Gasteiger charge is -2.04. The van der Waals surface area contributed by atoms with Crippen LogP contribution in [0.15, 0.2) is 4.79 Å². The van der Waals surface area contributed by atoms with Crippen molar-refractivity contribution >= 4 is 0 Å². The Morgan fingerprint density at radius 1 is 1.46 bits per heavy atom. The number of nitrogens with one attached hydrogen (secondary N) is 1. The van der Waals surface area contributed by atoms with Crippen LogP contribution in [0.3, 0.4) is 0 Å². The Morgan fingerprint density at radius 3 is 2.31 bits per heavy atom. The fourth-order valence-electron chi connectivity index (χ4n) is 1.16. The minimum Gasteiger partial charge on any atom is -0.291 e. The molecule has 0 saturated carbocycles. The molecule has 1 aromatic heterocycles. The van der Waals surface area contributed by atoms with Crippen LogP contribution in [-0.4, -0.2) is 9.78 Å². The van der Waals surface area contributed by atoms with Crippen molar-refractivity contribution in [1.29, 1.82) is 0 Å². The molecule has 1 aromatic rings. The van der Waals surface area contributed by atoms with Crippen LogP contribution in [0, 0.1) is 0 Å². The number of hydrogen-bond donors (Lipinski definition) is 1. The summed E-state index contributed by atoms with van der Waals surface area (Å²) in [5.41, 5.74) is -1.77. The summed E-state index contributed by atoms with van der Waals surface area (Å²) in [5.74, 6) is 0. The Morgan fingerprint density at radius 2 is 2.00 bits per heavy atom. The van der Waals surface area contributed by atoms with E-state index in [1.165, 1.54) is 14.0 Å². The highest BCUT2D eigenvalue weighted by molar-refractivity contribution is 5.19. The third-order valence-corrected chi connectivity index (χ3v) is 1.78. The highest BCUT2D eigenvalue weighted by atomic mass is 19.4. The van der Waals surface area contributed by atoms with E-state index in [2.05, 4.69) is 0 Å². The maximum Gasteiger partial charge on any atom is 0.433 e. The van der Waals surface area contributed by atoms with Crippen molar-refractivity contribution in [2.75, 3.05) is 0 Å². The summed E-state index contributed by atoms with van der Waals surface area (Å²) in [7, 11) is 1.26. The van der Waals surface area contributed by atoms with Crippen LogP contribution in [0.1, 0.15) is 18.2 Å². The molecule has 0 aromatic carbocycles. The van der Waals surface area contributed by atoms with Gasteiger partial charge in [-0.3, -0.25) is 14.6 Å². The average Bonchev–Trinajstić information content (AvgIpc) is 2.28. The van der Waals surface area contributed by atoms with Gasteiger partial charge in [0.1, 0.15) is 5.69 Å². The summed E-state index contributed by atoms with van der Waals surface area (Å²) in [6.45, 7) is 1.51. The minimum absolute atomic E-state index is 0.0744. The summed E-state index contributed by atoms with van der Waals surface area (Å²) in [6, 6.07) is 0. The first kappa shape index (κ1) is 9.88. The van der Waals surface area contributed by atoms with Crippen LogP contribution in [0.4, 0.5) is 13.2 Å². The van der Waals surface area contributed by atoms with Crippen LogP contribution in [0.25, 0.3) is 0 Å². The van der Waals surface area contributed by atoms with E-state index in [1.54, 1.807) is 0 Å². The number of halogens is 3. The van der Waals surface area contributed by atoms with Gasteiger partial charge in [0.15, 0.2) is 0 Å². The molecule has 0 aliphatic heterocycles. The highest BCUT2D eigenvalue weighted by Crippen LogP contribution is 2.29. The van der Waals surface area contributed by atoms with Gasteiger partial charge in [-0.25, -0.2) is 0 Å². The van der Waals surface area contributed by atoms with Gasteiger partial charge < -0.3 is 0 Å². The number of hydrogen-bond acceptors (Lipinski definition) is 1. The van der Waals surface area contributed by atoms with E-state index in [0.29, 0.717) is 0 Å². The third kappa shape index (κ3) is 1.61. The smallest absolute Gasteiger partial charge is 0.291 e. The fraction of sp³-hybridized carbons (Fsp3) is 0.571. The van der Waals surface area contributed by atoms with Gasteiger partial charge in [0.2, 0.25) is 0 Å². The minimum atomic E-state index is -4.48. The molecule has 0 spiro atoms. The standard InChI is InChI=1S/C7H9F3N2O/c1-3-4-5(7(8,9)10)11-12(2)6(4)13/h11H,3H2,1-2H3. The SMILES string of the molecule is CCc1c(C(F)(F)F)[nH]n(C)c1=O. The molecule has 0 amide bonds. The summed E-state index contributed by atoms with van der Waals surface area (Å²) >= 11 is 0. The van der Waals surface area contributed by atoms with E-state index in [0.717, 1.165) is 4.68 Å². The maximum atomic E-state index is 12.2. The first-order valence-electron chi connectivity index (χ1n) is 3.73. The van der Waals surface area contributed by atoms with E-state index in [4.69, 9.17) is 0 Å². The summed E-state index contributed by atoms with van der Waals surface area (Å²) in [4.78, 5) is 11.1. The number of aryl methyl sites for hydroxylation is 1. The lowest BCUT2D eigenvalue weighted by Crippen LogP contribution is -2.15. The normalized spacial score (nSPS) is 12.1. The van der Waals surface area contributed by atoms with Gasteiger partial charge in [-0.15, -0.1) is 0 Å². The van der Waals surface area contributed by atoms with Gasteiger partial charge in [0, 0.05) is 12.6 Å². The molecule has 1 heterocycles. The molecule has 0 bridgehead atoms. The van der Waals surface area contributed by atoms with Gasteiger partial charge in [-0.1, -0.05) is 6.92 Å². The van der Waals surface area contributed by atoms with E-state index < -0.39 is 17.4 Å². The number of nitrogens with zero attached hydrogens (tertiary/aromatic N) is 1. The van der Waals surface area contributed by atoms with E-state index in [1.807, 2.05) is 5.10 Å². The van der Waals surface area contributed by atoms with Crippen LogP contribution >= 0.6 is 0 Å². The van der Waals surface area contributed by atoms with Crippen molar-refractivity contribution in [2.45, 2.75) is 19.5 Å². The largest absolute Gasteiger partial charge is 0.433 e. The zero-order chi connectivity index (χ0) is 10.2. The second-order valence-electron chi connectivity index (χ2n) is 2.68. The number of aromatic amines is 1. The zero-order valence-corrected chi connectivity index (χ0v) is 7.20. The number of H-pyrrole nitrogens is 1. The second kappa shape index (κ2) is 2.93. The Balaban J connectivity index is 3.39. The van der Waals surface area contributed by atoms with Crippen molar-refractivity contribution in [3.8, 4) is 0 Å². The molecule has 6 heteroatoms. The van der Waals surface area contributed by atoms with Gasteiger partial charge >= 0.3 is 6.18 Å². The van der Waals surface area contributed by atoms with Crippen LogP contribution < -0.4 is 5.56 Å². The summed E-state index contributed by atoms with van der Waals surface area (Å²) in [6.07, 6.45) is -4.41. The molecule has 0 atom stereocenters. The molecule has 0 fully saturated rings. The molecule has 13 heavy (non-hydrogen) atoms. The van der Waals surface area contributed by atoms with Gasteiger partial charge in [-0.2, -0.15) is 13.2 Å². The number of alkyl halides is 3. The molecular formula is C7H9F3N2O. The molecule has 0 aliphatic carbocycles. The molecule has 0 unspecified atom stereocenters. The Hall–Kier alpha value is -1.20. The Kier molecular flexibility index (Phi) is 2.23. The van der Waals surface area contributed by atoms with Gasteiger partial charge in [0.25, 0.3) is 5.56 Å². The van der Waals surface area contributed by atoms with Crippen molar-refractivity contribution < 1.29 is 13.2 Å². The maximum absolute atomic E-state index is 12.2. The monoisotopic (exact) mass is 194 g/mol. The summed E-state index contributed by atoms with van der Waals surface area (Å²) < 4.78 is 37.6. The van der Waals surface area contributed by atoms with Crippen molar-refractivity contribution in [2.24, 2.45) is 7.05 Å². The van der Waals surface area contributed by atoms with E-state index >= 15 is 0 Å². The predicted octanol–water partition coefficient (Wildman–Crippen LogP) is 1.29. The molecule has 0 saturated heterocycles. The molecule has 1 rings (SSSR count). The lowest BCUT2D eigenvalue weighted by molar-refractivity contribution is -0.142. The quantitative estimate of drug-likeness (QED) is 0.718. The molecule has 0 radical (unpaired) electrons. The second-order valence-corrected chi connectivity index (χ2v) is 2.68. The van der Waals surface area contributed by atoms with E-state index in [-0.39, 0.29) is 12.0 Å². The zero-order valence-electron chi connectivity index (χ0n) is 7.20. The van der Waals surface area contributed by atoms with Gasteiger partial charge in [0.05, 0.1) is 0 Å². The Bertz CT molecular complexity index is 361. The first-order valence-corrected chi connectivity index (χ1v) is 3.73. The predicted molar refractivity (Wildman–Crippen MR) is 40.4 cm³/mol. The van der Waals surface area contributed by atoms with Crippen molar-refractivity contribution in [3.05, 3.63) is 21.6 Å². The van der Waals surface area contributed by atoms with Crippen molar-refractivity contribution in [3.63, 3.8) is 0 Å². The van der Waals surface area contributed by atoms with Crippen LogP contribution in [0.2, 0.25) is 0 Å². The summed E-state index contributed by atoms with van der Waals surface area (Å²) in [5, 5.41) is 1.98. The number of rotatable bonds is 1. The molecule has 1 N–H and O–H groups in total. The van der Waals surface area contributed by atoms with Crippen molar-refractivity contribution in [1.82, 2.24) is 9.78 Å². The molecule has 3 nitrogen and oxygen atoms in total. The van der Waals surface area contributed by atoms with Gasteiger partial charge in [-0.05, 0) is 6.42 Å². The lowest BCUT2D eigenvalue weighted by atomic mass is 10.2. The van der Waals surface area contributed by atoms with E-state index in [9.17, 15) is 18.0 Å². The first-order chi connectivity index (χ1) is 5.88.